The summed E-state index contributed by atoms with van der Waals surface area (Å²) in [4.78, 5) is 16.5. The molecule has 3 nitrogen and oxygen atoms in total. The second-order valence-electron chi connectivity index (χ2n) is 4.38. The van der Waals surface area contributed by atoms with Crippen molar-refractivity contribution < 1.29 is 4.79 Å². The first-order valence-corrected chi connectivity index (χ1v) is 6.94. The molecule has 1 amide bonds. The SMILES string of the molecule is CCNC(=O)C1=CSC23CC=CC=C2N=CC=C13. The van der Waals surface area contributed by atoms with Crippen molar-refractivity contribution >= 4 is 23.9 Å². The third-order valence-electron chi connectivity index (χ3n) is 3.35. The maximum absolute atomic E-state index is 12.1. The van der Waals surface area contributed by atoms with E-state index >= 15 is 0 Å². The van der Waals surface area contributed by atoms with Gasteiger partial charge in [0.05, 0.1) is 16.0 Å². The fourth-order valence-electron chi connectivity index (χ4n) is 2.49. The highest BCUT2D eigenvalue weighted by atomic mass is 32.2. The molecule has 0 aromatic heterocycles. The van der Waals surface area contributed by atoms with Crippen molar-refractivity contribution in [3.8, 4) is 0 Å². The molecule has 0 saturated heterocycles. The highest BCUT2D eigenvalue weighted by Gasteiger charge is 2.46. The minimum atomic E-state index is -0.163. The number of allylic oxidation sites excluding steroid dienone is 4. The molecule has 4 heteroatoms. The number of dihydropyridines is 1. The Morgan fingerprint density at radius 1 is 1.56 bits per heavy atom. The van der Waals surface area contributed by atoms with E-state index in [1.807, 2.05) is 30.6 Å². The zero-order chi connectivity index (χ0) is 12.6. The number of thioether (sulfide) groups is 1. The van der Waals surface area contributed by atoms with Gasteiger partial charge in [-0.1, -0.05) is 12.2 Å². The van der Waals surface area contributed by atoms with Crippen LogP contribution in [-0.2, 0) is 4.79 Å². The van der Waals surface area contributed by atoms with E-state index in [0.717, 1.165) is 23.3 Å². The van der Waals surface area contributed by atoms with Crippen molar-refractivity contribution in [3.63, 3.8) is 0 Å². The van der Waals surface area contributed by atoms with Gasteiger partial charge < -0.3 is 5.32 Å². The fraction of sp³-hybridized carbons (Fsp3) is 0.286. The van der Waals surface area contributed by atoms with Gasteiger partial charge in [-0.15, -0.1) is 11.8 Å². The lowest BCUT2D eigenvalue weighted by molar-refractivity contribution is -0.117. The molecule has 0 aromatic carbocycles. The third kappa shape index (κ3) is 1.52. The van der Waals surface area contributed by atoms with Crippen LogP contribution in [0.3, 0.4) is 0 Å². The predicted octanol–water partition coefficient (Wildman–Crippen LogP) is 2.35. The molecule has 2 heterocycles. The van der Waals surface area contributed by atoms with Crippen molar-refractivity contribution in [1.29, 1.82) is 0 Å². The number of carbonyl (C=O) groups excluding carboxylic acids is 1. The molecule has 0 radical (unpaired) electrons. The van der Waals surface area contributed by atoms with Gasteiger partial charge in [-0.3, -0.25) is 9.79 Å². The Morgan fingerprint density at radius 2 is 2.44 bits per heavy atom. The quantitative estimate of drug-likeness (QED) is 0.826. The van der Waals surface area contributed by atoms with Crippen LogP contribution in [0.5, 0.6) is 0 Å². The first-order valence-electron chi connectivity index (χ1n) is 6.06. The minimum absolute atomic E-state index is 0.0114. The summed E-state index contributed by atoms with van der Waals surface area (Å²) in [6, 6.07) is 0. The van der Waals surface area contributed by atoms with Gasteiger partial charge >= 0.3 is 0 Å². The molecular weight excluding hydrogens is 244 g/mol. The molecule has 1 N–H and O–H groups in total. The highest BCUT2D eigenvalue weighted by molar-refractivity contribution is 8.04. The number of aliphatic imine (C=N–C) groups is 1. The summed E-state index contributed by atoms with van der Waals surface area (Å²) in [5, 5.41) is 4.84. The maximum atomic E-state index is 12.1. The van der Waals surface area contributed by atoms with Gasteiger partial charge in [0.15, 0.2) is 0 Å². The van der Waals surface area contributed by atoms with Gasteiger partial charge in [0.25, 0.3) is 5.91 Å². The van der Waals surface area contributed by atoms with E-state index in [1.165, 1.54) is 0 Å². The molecule has 0 bridgehead atoms. The van der Waals surface area contributed by atoms with E-state index in [1.54, 1.807) is 18.0 Å². The van der Waals surface area contributed by atoms with Crippen LogP contribution in [0.25, 0.3) is 0 Å². The number of rotatable bonds is 2. The Hall–Kier alpha value is -1.55. The van der Waals surface area contributed by atoms with Crippen LogP contribution < -0.4 is 5.32 Å². The number of hydrogen-bond acceptors (Lipinski definition) is 3. The van der Waals surface area contributed by atoms with E-state index in [0.29, 0.717) is 6.54 Å². The third-order valence-corrected chi connectivity index (χ3v) is 4.70. The summed E-state index contributed by atoms with van der Waals surface area (Å²) in [7, 11) is 0. The zero-order valence-electron chi connectivity index (χ0n) is 10.1. The van der Waals surface area contributed by atoms with Crippen molar-refractivity contribution in [2.24, 2.45) is 4.99 Å². The average molecular weight is 258 g/mol. The number of nitrogens with one attached hydrogen (secondary N) is 1. The number of likely N-dealkylation sites (N-methyl/N-ethyl adjacent to an activating group) is 1. The molecule has 1 atom stereocenters. The summed E-state index contributed by atoms with van der Waals surface area (Å²) in [6.07, 6.45) is 10.9. The number of hydrogen-bond donors (Lipinski definition) is 1. The van der Waals surface area contributed by atoms with Crippen molar-refractivity contribution in [1.82, 2.24) is 5.32 Å². The summed E-state index contributed by atoms with van der Waals surface area (Å²) in [5.41, 5.74) is 2.92. The molecule has 18 heavy (non-hydrogen) atoms. The van der Waals surface area contributed by atoms with Gasteiger partial charge in [-0.2, -0.15) is 0 Å². The number of carbonyl (C=O) groups is 1. The molecule has 3 rings (SSSR count). The Balaban J connectivity index is 1.99. The minimum Gasteiger partial charge on any atom is -0.352 e. The Morgan fingerprint density at radius 3 is 3.28 bits per heavy atom. The maximum Gasteiger partial charge on any atom is 0.252 e. The van der Waals surface area contributed by atoms with Crippen molar-refractivity contribution in [2.45, 2.75) is 18.1 Å². The molecule has 1 aliphatic carbocycles. The van der Waals surface area contributed by atoms with Crippen molar-refractivity contribution in [2.75, 3.05) is 6.54 Å². The molecule has 0 aromatic rings. The Bertz CT molecular complexity index is 554. The average Bonchev–Trinajstić information content (AvgIpc) is 2.76. The first-order chi connectivity index (χ1) is 8.78. The van der Waals surface area contributed by atoms with Gasteiger partial charge in [0.2, 0.25) is 0 Å². The standard InChI is InChI=1S/C14H14N2OS/c1-2-15-13(17)10-9-18-14-7-4-3-5-12(14)16-8-6-11(10)14/h3-6,8-9H,2,7H2,1H3,(H,15,17). The smallest absolute Gasteiger partial charge is 0.252 e. The molecule has 2 aliphatic heterocycles. The molecule has 92 valence electrons. The van der Waals surface area contributed by atoms with E-state index in [9.17, 15) is 4.79 Å². The van der Waals surface area contributed by atoms with Crippen LogP contribution in [0.2, 0.25) is 0 Å². The molecular formula is C14H14N2OS. The molecule has 1 unspecified atom stereocenters. The lowest BCUT2D eigenvalue weighted by atomic mass is 9.83. The van der Waals surface area contributed by atoms with Crippen molar-refractivity contribution in [3.05, 3.63) is 46.6 Å². The van der Waals surface area contributed by atoms with Gasteiger partial charge in [-0.05, 0) is 36.5 Å². The van der Waals surface area contributed by atoms with Crippen LogP contribution in [0.15, 0.2) is 51.5 Å². The summed E-state index contributed by atoms with van der Waals surface area (Å²) < 4.78 is -0.163. The van der Waals surface area contributed by atoms with E-state index in [-0.39, 0.29) is 10.7 Å². The number of nitrogens with zero attached hydrogens (tertiary/aromatic N) is 1. The lowest BCUT2D eigenvalue weighted by Gasteiger charge is -2.33. The van der Waals surface area contributed by atoms with E-state index in [4.69, 9.17) is 0 Å². The second-order valence-corrected chi connectivity index (χ2v) is 5.55. The van der Waals surface area contributed by atoms with Gasteiger partial charge in [-0.25, -0.2) is 0 Å². The largest absolute Gasteiger partial charge is 0.352 e. The summed E-state index contributed by atoms with van der Waals surface area (Å²) in [6.45, 7) is 2.58. The Kier molecular flexibility index (Phi) is 2.74. The van der Waals surface area contributed by atoms with Crippen LogP contribution in [0.4, 0.5) is 0 Å². The first kappa shape index (κ1) is 11.5. The van der Waals surface area contributed by atoms with Crippen LogP contribution in [0, 0.1) is 0 Å². The Labute approximate surface area is 110 Å². The summed E-state index contributed by atoms with van der Waals surface area (Å²) >= 11 is 1.70. The molecule has 1 spiro atoms. The summed E-state index contributed by atoms with van der Waals surface area (Å²) in [5.74, 6) is 0.0114. The predicted molar refractivity (Wildman–Crippen MR) is 75.5 cm³/mol. The van der Waals surface area contributed by atoms with Gasteiger partial charge in [0.1, 0.15) is 0 Å². The van der Waals surface area contributed by atoms with Crippen LogP contribution in [0.1, 0.15) is 13.3 Å². The van der Waals surface area contributed by atoms with Crippen LogP contribution in [-0.4, -0.2) is 23.4 Å². The normalized spacial score (nSPS) is 27.9. The van der Waals surface area contributed by atoms with E-state index < -0.39 is 0 Å². The second kappa shape index (κ2) is 4.28. The topological polar surface area (TPSA) is 41.5 Å². The molecule has 3 aliphatic rings. The fourth-order valence-corrected chi connectivity index (χ4v) is 3.78. The lowest BCUT2D eigenvalue weighted by Crippen LogP contribution is -2.33. The monoisotopic (exact) mass is 258 g/mol. The van der Waals surface area contributed by atoms with Crippen LogP contribution >= 0.6 is 11.8 Å². The molecule has 0 fully saturated rings. The molecule has 0 saturated carbocycles. The van der Waals surface area contributed by atoms with Gasteiger partial charge in [0, 0.05) is 12.8 Å². The number of amides is 1. The van der Waals surface area contributed by atoms with E-state index in [2.05, 4.69) is 16.4 Å². The highest BCUT2D eigenvalue weighted by Crippen LogP contribution is 2.54. The zero-order valence-corrected chi connectivity index (χ0v) is 11.0.